The van der Waals surface area contributed by atoms with Crippen LogP contribution in [0.4, 0.5) is 5.69 Å². The van der Waals surface area contributed by atoms with Gasteiger partial charge in [0.25, 0.3) is 0 Å². The molecule has 4 nitrogen and oxygen atoms in total. The van der Waals surface area contributed by atoms with Gasteiger partial charge in [-0.15, -0.1) is 0 Å². The van der Waals surface area contributed by atoms with Crippen molar-refractivity contribution in [1.82, 2.24) is 9.97 Å². The summed E-state index contributed by atoms with van der Waals surface area (Å²) in [6.45, 7) is 2.65. The van der Waals surface area contributed by atoms with Crippen molar-refractivity contribution in [2.75, 3.05) is 12.4 Å². The van der Waals surface area contributed by atoms with Gasteiger partial charge in [-0.05, 0) is 36.8 Å². The Morgan fingerprint density at radius 2 is 1.90 bits per heavy atom. The first-order valence-corrected chi connectivity index (χ1v) is 6.85. The van der Waals surface area contributed by atoms with E-state index in [1.54, 1.807) is 13.3 Å². The quantitative estimate of drug-likeness (QED) is 0.793. The van der Waals surface area contributed by atoms with Gasteiger partial charge in [-0.2, -0.15) is 0 Å². The van der Waals surface area contributed by atoms with Gasteiger partial charge in [0, 0.05) is 0 Å². The van der Waals surface area contributed by atoms with E-state index in [4.69, 9.17) is 4.74 Å². The minimum Gasteiger partial charge on any atom is -0.495 e. The van der Waals surface area contributed by atoms with E-state index in [1.165, 1.54) is 5.56 Å². The molecule has 0 unspecified atom stereocenters. The number of benzene rings is 2. The predicted molar refractivity (Wildman–Crippen MR) is 84.6 cm³/mol. The highest BCUT2D eigenvalue weighted by Crippen LogP contribution is 2.25. The molecule has 3 rings (SSSR count). The zero-order valence-electron chi connectivity index (χ0n) is 12.1. The fourth-order valence-electron chi connectivity index (χ4n) is 2.21. The Hall–Kier alpha value is -2.62. The average Bonchev–Trinajstić information content (AvgIpc) is 2.53. The summed E-state index contributed by atoms with van der Waals surface area (Å²) in [5.41, 5.74) is 4.85. The lowest BCUT2D eigenvalue weighted by molar-refractivity contribution is 0.416. The lowest BCUT2D eigenvalue weighted by Crippen LogP contribution is -2.04. The van der Waals surface area contributed by atoms with E-state index in [0.717, 1.165) is 28.2 Å². The number of fused-ring (bicyclic) bond motifs is 1. The number of para-hydroxylation sites is 2. The number of ether oxygens (including phenoxy) is 1. The maximum atomic E-state index is 5.39. The van der Waals surface area contributed by atoms with Gasteiger partial charge in [0.2, 0.25) is 0 Å². The van der Waals surface area contributed by atoms with E-state index < -0.39 is 0 Å². The Kier molecular flexibility index (Phi) is 3.69. The van der Waals surface area contributed by atoms with Crippen LogP contribution < -0.4 is 10.1 Å². The molecule has 1 N–H and O–H groups in total. The summed E-state index contributed by atoms with van der Waals surface area (Å²) in [5, 5.41) is 3.34. The van der Waals surface area contributed by atoms with E-state index in [-0.39, 0.29) is 0 Å². The van der Waals surface area contributed by atoms with Crippen molar-refractivity contribution in [3.63, 3.8) is 0 Å². The lowest BCUT2D eigenvalue weighted by Gasteiger charge is -2.11. The van der Waals surface area contributed by atoms with Crippen LogP contribution in [0.5, 0.6) is 5.75 Å². The van der Waals surface area contributed by atoms with Gasteiger partial charge in [0.15, 0.2) is 0 Å². The summed E-state index contributed by atoms with van der Waals surface area (Å²) in [5.74, 6) is 0.837. The number of aromatic nitrogens is 2. The molecule has 0 aliphatic rings. The summed E-state index contributed by atoms with van der Waals surface area (Å²) < 4.78 is 5.39. The molecule has 106 valence electrons. The number of rotatable bonds is 4. The van der Waals surface area contributed by atoms with Crippen molar-refractivity contribution in [2.45, 2.75) is 13.5 Å². The Labute approximate surface area is 123 Å². The van der Waals surface area contributed by atoms with Gasteiger partial charge in [-0.25, -0.2) is 4.98 Å². The van der Waals surface area contributed by atoms with Crippen LogP contribution in [-0.2, 0) is 6.54 Å². The Bertz CT molecular complexity index is 771. The van der Waals surface area contributed by atoms with Crippen LogP contribution >= 0.6 is 0 Å². The van der Waals surface area contributed by atoms with Gasteiger partial charge >= 0.3 is 0 Å². The number of nitrogens with one attached hydrogen (secondary N) is 1. The molecule has 0 aliphatic heterocycles. The van der Waals surface area contributed by atoms with E-state index in [0.29, 0.717) is 6.54 Å². The minimum absolute atomic E-state index is 0.608. The zero-order valence-corrected chi connectivity index (χ0v) is 12.1. The summed E-state index contributed by atoms with van der Waals surface area (Å²) in [7, 11) is 1.68. The Morgan fingerprint density at radius 1 is 1.10 bits per heavy atom. The molecule has 0 bridgehead atoms. The molecule has 3 aromatic rings. The van der Waals surface area contributed by atoms with E-state index >= 15 is 0 Å². The maximum Gasteiger partial charge on any atom is 0.142 e. The smallest absolute Gasteiger partial charge is 0.142 e. The van der Waals surface area contributed by atoms with Crippen molar-refractivity contribution in [3.05, 3.63) is 59.9 Å². The third-order valence-electron chi connectivity index (χ3n) is 3.32. The highest BCUT2D eigenvalue weighted by Gasteiger charge is 2.04. The first kappa shape index (κ1) is 13.4. The van der Waals surface area contributed by atoms with Crippen LogP contribution in [-0.4, -0.2) is 17.1 Å². The SMILES string of the molecule is COc1cc(C)ccc1NCc1cnc2ccccc2n1. The molecule has 0 fully saturated rings. The van der Waals surface area contributed by atoms with Crippen LogP contribution in [0.1, 0.15) is 11.3 Å². The first-order chi connectivity index (χ1) is 10.3. The number of anilines is 1. The van der Waals surface area contributed by atoms with Gasteiger partial charge in [0.05, 0.1) is 42.3 Å². The number of hydrogen-bond donors (Lipinski definition) is 1. The molecule has 0 atom stereocenters. The molecule has 0 aliphatic carbocycles. The van der Waals surface area contributed by atoms with E-state index in [1.807, 2.05) is 43.3 Å². The molecule has 1 heterocycles. The molecule has 2 aromatic carbocycles. The number of aryl methyl sites for hydroxylation is 1. The number of methoxy groups -OCH3 is 1. The Morgan fingerprint density at radius 3 is 2.71 bits per heavy atom. The lowest BCUT2D eigenvalue weighted by atomic mass is 10.2. The normalized spacial score (nSPS) is 10.6. The average molecular weight is 279 g/mol. The molecule has 0 saturated heterocycles. The van der Waals surface area contributed by atoms with Crippen LogP contribution in [0.25, 0.3) is 11.0 Å². The van der Waals surface area contributed by atoms with Crippen molar-refractivity contribution >= 4 is 16.7 Å². The van der Waals surface area contributed by atoms with Gasteiger partial charge in [0.1, 0.15) is 5.75 Å². The minimum atomic E-state index is 0.608. The molecule has 4 heteroatoms. The van der Waals surface area contributed by atoms with E-state index in [9.17, 15) is 0 Å². The van der Waals surface area contributed by atoms with Crippen LogP contribution in [0, 0.1) is 6.92 Å². The number of hydrogen-bond acceptors (Lipinski definition) is 4. The summed E-state index contributed by atoms with van der Waals surface area (Å²) >= 11 is 0. The van der Waals surface area contributed by atoms with Crippen LogP contribution in [0.15, 0.2) is 48.7 Å². The summed E-state index contributed by atoms with van der Waals surface area (Å²) in [6, 6.07) is 13.9. The zero-order chi connectivity index (χ0) is 14.7. The highest BCUT2D eigenvalue weighted by atomic mass is 16.5. The monoisotopic (exact) mass is 279 g/mol. The highest BCUT2D eigenvalue weighted by molar-refractivity contribution is 5.73. The molecule has 21 heavy (non-hydrogen) atoms. The molecular formula is C17H17N3O. The molecule has 1 aromatic heterocycles. The Balaban J connectivity index is 1.80. The van der Waals surface area contributed by atoms with Crippen molar-refractivity contribution in [3.8, 4) is 5.75 Å². The third-order valence-corrected chi connectivity index (χ3v) is 3.32. The fourth-order valence-corrected chi connectivity index (χ4v) is 2.21. The molecule has 0 amide bonds. The largest absolute Gasteiger partial charge is 0.495 e. The predicted octanol–water partition coefficient (Wildman–Crippen LogP) is 3.56. The maximum absolute atomic E-state index is 5.39. The summed E-state index contributed by atoms with van der Waals surface area (Å²) in [4.78, 5) is 9.01. The van der Waals surface area contributed by atoms with Crippen molar-refractivity contribution < 1.29 is 4.74 Å². The standard InChI is InChI=1S/C17H17N3O/c1-12-7-8-16(17(9-12)21-2)19-11-13-10-18-14-5-3-4-6-15(14)20-13/h3-10,19H,11H2,1-2H3. The molecule has 0 spiro atoms. The van der Waals surface area contributed by atoms with Gasteiger partial charge < -0.3 is 10.1 Å². The van der Waals surface area contributed by atoms with E-state index in [2.05, 4.69) is 21.4 Å². The number of nitrogens with zero attached hydrogens (tertiary/aromatic N) is 2. The first-order valence-electron chi connectivity index (χ1n) is 6.85. The topological polar surface area (TPSA) is 47.0 Å². The second-order valence-electron chi connectivity index (χ2n) is 4.91. The van der Waals surface area contributed by atoms with Crippen molar-refractivity contribution in [1.29, 1.82) is 0 Å². The molecular weight excluding hydrogens is 262 g/mol. The van der Waals surface area contributed by atoms with Crippen LogP contribution in [0.2, 0.25) is 0 Å². The fraction of sp³-hybridized carbons (Fsp3) is 0.176. The van der Waals surface area contributed by atoms with Crippen LogP contribution in [0.3, 0.4) is 0 Å². The third kappa shape index (κ3) is 2.94. The van der Waals surface area contributed by atoms with Gasteiger partial charge in [-0.1, -0.05) is 18.2 Å². The molecule has 0 saturated carbocycles. The second-order valence-corrected chi connectivity index (χ2v) is 4.91. The van der Waals surface area contributed by atoms with Crippen molar-refractivity contribution in [2.24, 2.45) is 0 Å². The van der Waals surface area contributed by atoms with Gasteiger partial charge in [-0.3, -0.25) is 4.98 Å². The summed E-state index contributed by atoms with van der Waals surface area (Å²) in [6.07, 6.45) is 1.80. The molecule has 0 radical (unpaired) electrons. The second kappa shape index (κ2) is 5.79.